The van der Waals surface area contributed by atoms with E-state index in [9.17, 15) is 14.0 Å². The standard InChI is InChI=1S/C16H18FN5O2/c1-10-13(19-20-22(10)12-5-3-2-4-6-12)8-15(23)21-9-11(17)7-14(21)16(18)24/h2-6,11,14H,7-9H2,1H3,(H2,18,24)/t11-,14+/m1/s1. The van der Waals surface area contributed by atoms with E-state index < -0.39 is 18.1 Å². The van der Waals surface area contributed by atoms with Crippen LogP contribution < -0.4 is 5.73 Å². The quantitative estimate of drug-likeness (QED) is 0.885. The average molecular weight is 331 g/mol. The lowest BCUT2D eigenvalue weighted by Gasteiger charge is -2.21. The van der Waals surface area contributed by atoms with Gasteiger partial charge in [0.1, 0.15) is 12.2 Å². The largest absolute Gasteiger partial charge is 0.368 e. The lowest BCUT2D eigenvalue weighted by Crippen LogP contribution is -2.44. The second kappa shape index (κ2) is 6.38. The van der Waals surface area contributed by atoms with Crippen molar-refractivity contribution in [3.63, 3.8) is 0 Å². The highest BCUT2D eigenvalue weighted by Crippen LogP contribution is 2.22. The maximum atomic E-state index is 13.6. The Hall–Kier alpha value is -2.77. The van der Waals surface area contributed by atoms with Crippen molar-refractivity contribution >= 4 is 11.8 Å². The summed E-state index contributed by atoms with van der Waals surface area (Å²) in [6, 6.07) is 8.52. The van der Waals surface area contributed by atoms with Crippen LogP contribution >= 0.6 is 0 Å². The Bertz CT molecular complexity index is 761. The van der Waals surface area contributed by atoms with Gasteiger partial charge in [0, 0.05) is 6.42 Å². The van der Waals surface area contributed by atoms with Crippen LogP contribution in [0, 0.1) is 6.92 Å². The molecule has 3 rings (SSSR count). The van der Waals surface area contributed by atoms with Crippen LogP contribution in [0.15, 0.2) is 30.3 Å². The molecule has 7 nitrogen and oxygen atoms in total. The number of nitrogens with two attached hydrogens (primary N) is 1. The van der Waals surface area contributed by atoms with Crippen LogP contribution in [0.2, 0.25) is 0 Å². The van der Waals surface area contributed by atoms with E-state index in [4.69, 9.17) is 5.73 Å². The van der Waals surface area contributed by atoms with Crippen molar-refractivity contribution in [3.05, 3.63) is 41.7 Å². The topological polar surface area (TPSA) is 94.1 Å². The van der Waals surface area contributed by atoms with E-state index in [-0.39, 0.29) is 25.3 Å². The van der Waals surface area contributed by atoms with Crippen LogP contribution in [0.4, 0.5) is 4.39 Å². The van der Waals surface area contributed by atoms with Gasteiger partial charge in [0.15, 0.2) is 0 Å². The number of rotatable bonds is 4. The predicted molar refractivity (Wildman–Crippen MR) is 84.0 cm³/mol. The van der Waals surface area contributed by atoms with Gasteiger partial charge in [-0.25, -0.2) is 9.07 Å². The first-order valence-electron chi connectivity index (χ1n) is 7.67. The number of carbonyl (C=O) groups is 2. The number of hydrogen-bond donors (Lipinski definition) is 1. The summed E-state index contributed by atoms with van der Waals surface area (Å²) in [6.45, 7) is 1.70. The van der Waals surface area contributed by atoms with Crippen molar-refractivity contribution < 1.29 is 14.0 Å². The maximum Gasteiger partial charge on any atom is 0.240 e. The molecule has 1 aromatic heterocycles. The maximum absolute atomic E-state index is 13.6. The van der Waals surface area contributed by atoms with Crippen molar-refractivity contribution in [2.24, 2.45) is 5.73 Å². The first-order valence-corrected chi connectivity index (χ1v) is 7.67. The monoisotopic (exact) mass is 331 g/mol. The Morgan fingerprint density at radius 2 is 2.04 bits per heavy atom. The van der Waals surface area contributed by atoms with Crippen molar-refractivity contribution in [3.8, 4) is 5.69 Å². The van der Waals surface area contributed by atoms with Gasteiger partial charge in [-0.1, -0.05) is 23.4 Å². The lowest BCUT2D eigenvalue weighted by molar-refractivity contribution is -0.136. The van der Waals surface area contributed by atoms with E-state index in [0.29, 0.717) is 5.69 Å². The molecule has 1 aliphatic heterocycles. The minimum atomic E-state index is -1.23. The first kappa shape index (κ1) is 16.1. The molecule has 1 fully saturated rings. The molecule has 2 heterocycles. The zero-order valence-electron chi connectivity index (χ0n) is 13.2. The molecule has 2 atom stereocenters. The number of carbonyl (C=O) groups excluding carboxylic acids is 2. The Kier molecular flexibility index (Phi) is 4.28. The van der Waals surface area contributed by atoms with Gasteiger partial charge in [-0.05, 0) is 19.1 Å². The van der Waals surface area contributed by atoms with E-state index in [0.717, 1.165) is 11.4 Å². The fraction of sp³-hybridized carbons (Fsp3) is 0.375. The molecule has 8 heteroatoms. The summed E-state index contributed by atoms with van der Waals surface area (Å²) in [7, 11) is 0. The average Bonchev–Trinajstić information content (AvgIpc) is 3.12. The van der Waals surface area contributed by atoms with E-state index >= 15 is 0 Å². The number of benzene rings is 1. The molecular weight excluding hydrogens is 313 g/mol. The van der Waals surface area contributed by atoms with Crippen LogP contribution in [0.1, 0.15) is 17.8 Å². The van der Waals surface area contributed by atoms with E-state index in [2.05, 4.69) is 10.3 Å². The smallest absolute Gasteiger partial charge is 0.240 e. The molecule has 0 radical (unpaired) electrons. The summed E-state index contributed by atoms with van der Waals surface area (Å²) in [4.78, 5) is 25.1. The Balaban J connectivity index is 1.78. The molecule has 0 saturated carbocycles. The minimum Gasteiger partial charge on any atom is -0.368 e. The Morgan fingerprint density at radius 1 is 1.33 bits per heavy atom. The van der Waals surface area contributed by atoms with Crippen molar-refractivity contribution in [1.29, 1.82) is 0 Å². The predicted octanol–water partition coefficient (Wildman–Crippen LogP) is 0.543. The third-order valence-electron chi connectivity index (χ3n) is 4.21. The fourth-order valence-corrected chi connectivity index (χ4v) is 2.91. The molecule has 1 saturated heterocycles. The number of alkyl halides is 1. The normalized spacial score (nSPS) is 20.3. The van der Waals surface area contributed by atoms with Gasteiger partial charge in [0.25, 0.3) is 0 Å². The molecular formula is C16H18FN5O2. The number of primary amides is 1. The highest BCUT2D eigenvalue weighted by atomic mass is 19.1. The molecule has 126 valence electrons. The highest BCUT2D eigenvalue weighted by molar-refractivity contribution is 5.88. The summed E-state index contributed by atoms with van der Waals surface area (Å²) < 4.78 is 15.2. The molecule has 2 aromatic rings. The van der Waals surface area contributed by atoms with Crippen LogP contribution in [-0.4, -0.2) is 50.5 Å². The van der Waals surface area contributed by atoms with Crippen molar-refractivity contribution in [2.75, 3.05) is 6.54 Å². The van der Waals surface area contributed by atoms with Crippen LogP contribution in [-0.2, 0) is 16.0 Å². The van der Waals surface area contributed by atoms with Crippen molar-refractivity contribution in [2.45, 2.75) is 32.0 Å². The number of para-hydroxylation sites is 1. The summed E-state index contributed by atoms with van der Waals surface area (Å²) in [5, 5.41) is 8.11. The molecule has 0 bridgehead atoms. The SMILES string of the molecule is Cc1c(CC(=O)N2C[C@H](F)C[C@H]2C(N)=O)nnn1-c1ccccc1. The van der Waals surface area contributed by atoms with E-state index in [1.165, 1.54) is 4.90 Å². The third-order valence-corrected chi connectivity index (χ3v) is 4.21. The van der Waals surface area contributed by atoms with Gasteiger partial charge in [-0.15, -0.1) is 5.10 Å². The fourth-order valence-electron chi connectivity index (χ4n) is 2.91. The summed E-state index contributed by atoms with van der Waals surface area (Å²) in [6.07, 6.45) is -1.32. The summed E-state index contributed by atoms with van der Waals surface area (Å²) in [5.41, 5.74) is 7.31. The van der Waals surface area contributed by atoms with Gasteiger partial charge < -0.3 is 10.6 Å². The molecule has 0 unspecified atom stereocenters. The first-order chi connectivity index (χ1) is 11.5. The second-order valence-electron chi connectivity index (χ2n) is 5.84. The molecule has 1 aromatic carbocycles. The molecule has 2 amide bonds. The molecule has 1 aliphatic rings. The molecule has 0 aliphatic carbocycles. The zero-order chi connectivity index (χ0) is 17.3. The van der Waals surface area contributed by atoms with Crippen LogP contribution in [0.5, 0.6) is 0 Å². The number of likely N-dealkylation sites (tertiary alicyclic amines) is 1. The number of halogens is 1. The molecule has 0 spiro atoms. The van der Waals surface area contributed by atoms with Gasteiger partial charge in [0.05, 0.1) is 30.0 Å². The zero-order valence-corrected chi connectivity index (χ0v) is 13.2. The Morgan fingerprint density at radius 3 is 2.71 bits per heavy atom. The summed E-state index contributed by atoms with van der Waals surface area (Å²) in [5.74, 6) is -1.06. The molecule has 24 heavy (non-hydrogen) atoms. The van der Waals surface area contributed by atoms with Crippen molar-refractivity contribution in [1.82, 2.24) is 19.9 Å². The van der Waals surface area contributed by atoms with Gasteiger partial charge >= 0.3 is 0 Å². The van der Waals surface area contributed by atoms with Gasteiger partial charge in [0.2, 0.25) is 11.8 Å². The molecule has 2 N–H and O–H groups in total. The van der Waals surface area contributed by atoms with E-state index in [1.54, 1.807) is 4.68 Å². The number of amides is 2. The number of nitrogens with zero attached hydrogens (tertiary/aromatic N) is 4. The highest BCUT2D eigenvalue weighted by Gasteiger charge is 2.38. The Labute approximate surface area is 138 Å². The third kappa shape index (κ3) is 2.99. The van der Waals surface area contributed by atoms with Crippen LogP contribution in [0.3, 0.4) is 0 Å². The van der Waals surface area contributed by atoms with E-state index in [1.807, 2.05) is 37.3 Å². The second-order valence-corrected chi connectivity index (χ2v) is 5.84. The van der Waals surface area contributed by atoms with Gasteiger partial charge in [-0.2, -0.15) is 0 Å². The minimum absolute atomic E-state index is 0.0449. The van der Waals surface area contributed by atoms with Gasteiger partial charge in [-0.3, -0.25) is 9.59 Å². The summed E-state index contributed by atoms with van der Waals surface area (Å²) >= 11 is 0. The number of hydrogen-bond acceptors (Lipinski definition) is 4. The number of aromatic nitrogens is 3. The van der Waals surface area contributed by atoms with Crippen LogP contribution in [0.25, 0.3) is 5.69 Å². The lowest BCUT2D eigenvalue weighted by atomic mass is 10.2.